The van der Waals surface area contributed by atoms with E-state index < -0.39 is 5.97 Å². The molecule has 2 aromatic rings. The third-order valence-corrected chi connectivity index (χ3v) is 6.65. The van der Waals surface area contributed by atoms with Gasteiger partial charge in [-0.25, -0.2) is 4.79 Å². The Morgan fingerprint density at radius 3 is 2.67 bits per heavy atom. The summed E-state index contributed by atoms with van der Waals surface area (Å²) in [4.78, 5) is 29.9. The minimum atomic E-state index is -1.03. The summed E-state index contributed by atoms with van der Waals surface area (Å²) in [6.45, 7) is 7.56. The molecule has 6 heteroatoms. The van der Waals surface area contributed by atoms with Crippen LogP contribution in [-0.4, -0.2) is 41.2 Å². The van der Waals surface area contributed by atoms with Crippen LogP contribution in [0.4, 0.5) is 5.69 Å². The third-order valence-electron chi connectivity index (χ3n) is 6.65. The van der Waals surface area contributed by atoms with E-state index in [1.807, 2.05) is 6.92 Å². The number of para-hydroxylation sites is 1. The number of anilines is 1. The molecule has 2 aliphatic heterocycles. The number of hydrogen-bond donors (Lipinski definition) is 1. The van der Waals surface area contributed by atoms with Crippen molar-refractivity contribution in [3.8, 4) is 5.75 Å². The Hall–Kier alpha value is -3.02. The van der Waals surface area contributed by atoms with E-state index in [0.717, 1.165) is 37.8 Å². The molecule has 1 amide bonds. The van der Waals surface area contributed by atoms with Gasteiger partial charge in [-0.2, -0.15) is 0 Å². The summed E-state index contributed by atoms with van der Waals surface area (Å²) in [5.74, 6) is -0.179. The Balaban J connectivity index is 1.69. The van der Waals surface area contributed by atoms with E-state index in [2.05, 4.69) is 47.9 Å². The van der Waals surface area contributed by atoms with Crippen LogP contribution in [0.5, 0.6) is 5.75 Å². The number of carboxylic acid groups (broad SMARTS) is 1. The molecule has 0 radical (unpaired) electrons. The van der Waals surface area contributed by atoms with Gasteiger partial charge < -0.3 is 19.6 Å². The molecule has 0 spiro atoms. The summed E-state index contributed by atoms with van der Waals surface area (Å²) in [5, 5.41) is 9.45. The molecule has 176 valence electrons. The molecule has 1 saturated heterocycles. The third kappa shape index (κ3) is 4.70. The van der Waals surface area contributed by atoms with Crippen LogP contribution >= 0.6 is 0 Å². The van der Waals surface area contributed by atoms with Crippen LogP contribution in [0, 0.1) is 5.92 Å². The summed E-state index contributed by atoms with van der Waals surface area (Å²) in [6, 6.07) is 13.5. The molecule has 1 N–H and O–H groups in total. The fourth-order valence-electron chi connectivity index (χ4n) is 5.29. The van der Waals surface area contributed by atoms with Crippen LogP contribution < -0.4 is 9.64 Å². The zero-order valence-corrected chi connectivity index (χ0v) is 19.8. The first-order valence-corrected chi connectivity index (χ1v) is 12.1. The zero-order valence-electron chi connectivity index (χ0n) is 19.8. The number of carbonyl (C=O) groups excluding carboxylic acids is 1. The van der Waals surface area contributed by atoms with Crippen LogP contribution in [0.15, 0.2) is 42.5 Å². The molecule has 4 rings (SSSR count). The Bertz CT molecular complexity index is 1020. The normalized spacial score (nSPS) is 19.8. The van der Waals surface area contributed by atoms with Gasteiger partial charge in [-0.3, -0.25) is 4.79 Å². The van der Waals surface area contributed by atoms with Crippen LogP contribution in [-0.2, 0) is 11.2 Å². The number of carbonyl (C=O) groups is 2. The molecule has 0 aromatic heterocycles. The molecular weight excluding hydrogens is 416 g/mol. The number of fused-ring (bicyclic) bond motifs is 3. The van der Waals surface area contributed by atoms with E-state index in [-0.39, 0.29) is 30.1 Å². The standard InChI is InChI=1S/C27H34N2O4/c1-4-33-24-16-19(12-13-21(24)27(31)32)17-26(30)29-23(15-18(2)3)20-9-5-6-10-22(20)28-14-8-7-11-25(28)29/h5-6,9-10,12-13,16,18,23,25H,4,7-8,11,14-15,17H2,1-3H3,(H,31,32). The van der Waals surface area contributed by atoms with Crippen molar-refractivity contribution in [3.05, 3.63) is 59.2 Å². The number of aromatic carboxylic acids is 1. The Morgan fingerprint density at radius 1 is 1.15 bits per heavy atom. The molecular formula is C27H34N2O4. The van der Waals surface area contributed by atoms with Crippen molar-refractivity contribution in [3.63, 3.8) is 0 Å². The summed E-state index contributed by atoms with van der Waals surface area (Å²) in [7, 11) is 0. The van der Waals surface area contributed by atoms with Crippen molar-refractivity contribution in [2.45, 2.75) is 65.1 Å². The Kier molecular flexibility index (Phi) is 6.91. The lowest BCUT2D eigenvalue weighted by Gasteiger charge is -2.52. The zero-order chi connectivity index (χ0) is 23.5. The molecule has 2 atom stereocenters. The van der Waals surface area contributed by atoms with E-state index in [9.17, 15) is 14.7 Å². The minimum Gasteiger partial charge on any atom is -0.493 e. The largest absolute Gasteiger partial charge is 0.493 e. The van der Waals surface area contributed by atoms with Gasteiger partial charge in [0.05, 0.1) is 19.1 Å². The topological polar surface area (TPSA) is 70.1 Å². The number of amides is 1. The average molecular weight is 451 g/mol. The highest BCUT2D eigenvalue weighted by Gasteiger charge is 2.42. The summed E-state index contributed by atoms with van der Waals surface area (Å²) >= 11 is 0. The highest BCUT2D eigenvalue weighted by Crippen LogP contribution is 2.44. The smallest absolute Gasteiger partial charge is 0.339 e. The van der Waals surface area contributed by atoms with Gasteiger partial charge in [0.1, 0.15) is 17.5 Å². The molecule has 2 unspecified atom stereocenters. The Morgan fingerprint density at radius 2 is 1.94 bits per heavy atom. The van der Waals surface area contributed by atoms with Gasteiger partial charge in [-0.05, 0) is 67.9 Å². The van der Waals surface area contributed by atoms with E-state index in [0.29, 0.717) is 18.3 Å². The van der Waals surface area contributed by atoms with Crippen molar-refractivity contribution in [1.82, 2.24) is 4.90 Å². The first kappa shape index (κ1) is 23.1. The van der Waals surface area contributed by atoms with Gasteiger partial charge in [-0.1, -0.05) is 38.1 Å². The van der Waals surface area contributed by atoms with Gasteiger partial charge >= 0.3 is 5.97 Å². The second-order valence-electron chi connectivity index (χ2n) is 9.42. The number of rotatable bonds is 7. The lowest BCUT2D eigenvalue weighted by atomic mass is 9.88. The minimum absolute atomic E-state index is 0.0395. The van der Waals surface area contributed by atoms with Gasteiger partial charge in [0.15, 0.2) is 0 Å². The van der Waals surface area contributed by atoms with Crippen molar-refractivity contribution < 1.29 is 19.4 Å². The van der Waals surface area contributed by atoms with Gasteiger partial charge in [0.25, 0.3) is 0 Å². The lowest BCUT2D eigenvalue weighted by molar-refractivity contribution is -0.137. The van der Waals surface area contributed by atoms with Crippen LogP contribution in [0.1, 0.15) is 74.0 Å². The van der Waals surface area contributed by atoms with Gasteiger partial charge in [0, 0.05) is 12.2 Å². The van der Waals surface area contributed by atoms with E-state index >= 15 is 0 Å². The predicted octanol–water partition coefficient (Wildman–Crippen LogP) is 5.27. The SMILES string of the molecule is CCOc1cc(CC(=O)N2C(CC(C)C)c3ccccc3N3CCCCC32)ccc1C(=O)O. The number of carboxylic acids is 1. The van der Waals surface area contributed by atoms with Crippen LogP contribution in [0.25, 0.3) is 0 Å². The number of hydrogen-bond acceptors (Lipinski definition) is 4. The summed E-state index contributed by atoms with van der Waals surface area (Å²) in [6.07, 6.45) is 4.42. The maximum Gasteiger partial charge on any atom is 0.339 e. The van der Waals surface area contributed by atoms with Crippen LogP contribution in [0.2, 0.25) is 0 Å². The first-order valence-electron chi connectivity index (χ1n) is 12.1. The number of nitrogens with zero attached hydrogens (tertiary/aromatic N) is 2. The molecule has 0 aliphatic carbocycles. The molecule has 1 fully saturated rings. The highest BCUT2D eigenvalue weighted by atomic mass is 16.5. The van der Waals surface area contributed by atoms with Crippen molar-refractivity contribution in [2.75, 3.05) is 18.1 Å². The van der Waals surface area contributed by atoms with Gasteiger partial charge in [-0.15, -0.1) is 0 Å². The Labute approximate surface area is 196 Å². The van der Waals surface area contributed by atoms with Crippen molar-refractivity contribution in [1.29, 1.82) is 0 Å². The summed E-state index contributed by atoms with van der Waals surface area (Å²) < 4.78 is 5.56. The van der Waals surface area contributed by atoms with Crippen LogP contribution in [0.3, 0.4) is 0 Å². The van der Waals surface area contributed by atoms with Crippen molar-refractivity contribution >= 4 is 17.6 Å². The number of piperidine rings is 1. The number of ether oxygens (including phenoxy) is 1. The molecule has 2 aliphatic rings. The van der Waals surface area contributed by atoms with E-state index in [4.69, 9.17) is 4.74 Å². The summed E-state index contributed by atoms with van der Waals surface area (Å²) in [5.41, 5.74) is 3.39. The molecule has 33 heavy (non-hydrogen) atoms. The maximum absolute atomic E-state index is 13.9. The highest BCUT2D eigenvalue weighted by molar-refractivity contribution is 5.91. The molecule has 6 nitrogen and oxygen atoms in total. The molecule has 0 bridgehead atoms. The maximum atomic E-state index is 13.9. The molecule has 0 saturated carbocycles. The van der Waals surface area contributed by atoms with E-state index in [1.165, 1.54) is 11.3 Å². The quantitative estimate of drug-likeness (QED) is 0.622. The van der Waals surface area contributed by atoms with Crippen molar-refractivity contribution in [2.24, 2.45) is 5.92 Å². The second kappa shape index (κ2) is 9.86. The fourth-order valence-corrected chi connectivity index (χ4v) is 5.29. The second-order valence-corrected chi connectivity index (χ2v) is 9.42. The fraction of sp³-hybridized carbons (Fsp3) is 0.481. The number of benzene rings is 2. The predicted molar refractivity (Wildman–Crippen MR) is 129 cm³/mol. The molecule has 2 aromatic carbocycles. The van der Waals surface area contributed by atoms with E-state index in [1.54, 1.807) is 18.2 Å². The molecule has 2 heterocycles. The van der Waals surface area contributed by atoms with Gasteiger partial charge in [0.2, 0.25) is 5.91 Å². The first-order chi connectivity index (χ1) is 15.9. The monoisotopic (exact) mass is 450 g/mol. The lowest BCUT2D eigenvalue weighted by Crippen LogP contribution is -2.58. The average Bonchev–Trinajstić information content (AvgIpc) is 2.79.